The van der Waals surface area contributed by atoms with Crippen LogP contribution in [0.3, 0.4) is 0 Å². The summed E-state index contributed by atoms with van der Waals surface area (Å²) in [5.74, 6) is 0. The van der Waals surface area contributed by atoms with Crippen LogP contribution in [0.5, 0.6) is 0 Å². The second-order valence-corrected chi connectivity index (χ2v) is 7.04. The molecule has 0 unspecified atom stereocenters. The molecule has 1 aromatic heterocycles. The molecule has 0 bridgehead atoms. The van der Waals surface area contributed by atoms with Crippen molar-refractivity contribution in [2.75, 3.05) is 0 Å². The average molecular weight is 324 g/mol. The Morgan fingerprint density at radius 3 is 2.56 bits per heavy atom. The van der Waals surface area contributed by atoms with Gasteiger partial charge in [-0.25, -0.2) is 4.98 Å². The van der Waals surface area contributed by atoms with E-state index in [0.717, 1.165) is 16.0 Å². The molecule has 0 saturated heterocycles. The zero-order valence-corrected chi connectivity index (χ0v) is 13.7. The van der Waals surface area contributed by atoms with Crippen molar-refractivity contribution in [3.63, 3.8) is 0 Å². The molecule has 0 aliphatic carbocycles. The molecule has 2 aromatic rings. The van der Waals surface area contributed by atoms with Gasteiger partial charge in [-0.2, -0.15) is 0 Å². The molecule has 1 heterocycles. The van der Waals surface area contributed by atoms with Crippen LogP contribution in [-0.4, -0.2) is 4.98 Å². The summed E-state index contributed by atoms with van der Waals surface area (Å²) in [7, 11) is 0. The van der Waals surface area contributed by atoms with Crippen molar-refractivity contribution in [1.82, 2.24) is 4.98 Å². The van der Waals surface area contributed by atoms with Crippen molar-refractivity contribution >= 4 is 27.3 Å². The van der Waals surface area contributed by atoms with Crippen molar-refractivity contribution in [3.8, 4) is 11.3 Å². The van der Waals surface area contributed by atoms with Crippen LogP contribution in [-0.2, 0) is 10.7 Å². The first-order valence-corrected chi connectivity index (χ1v) is 8.04. The maximum atomic E-state index is 4.65. The molecular formula is C15H18BrNS. The van der Waals surface area contributed by atoms with Crippen LogP contribution in [0.4, 0.5) is 0 Å². The van der Waals surface area contributed by atoms with E-state index in [1.165, 1.54) is 16.7 Å². The molecule has 0 N–H and O–H groups in total. The normalized spacial score (nSPS) is 11.8. The van der Waals surface area contributed by atoms with Crippen LogP contribution in [0.15, 0.2) is 23.6 Å². The first kappa shape index (κ1) is 13.8. The summed E-state index contributed by atoms with van der Waals surface area (Å²) in [6.45, 7) is 8.88. The van der Waals surface area contributed by atoms with Gasteiger partial charge in [0.2, 0.25) is 0 Å². The third-order valence-corrected chi connectivity index (χ3v) is 4.80. The van der Waals surface area contributed by atoms with Crippen molar-refractivity contribution in [1.29, 1.82) is 0 Å². The lowest BCUT2D eigenvalue weighted by atomic mass is 9.85. The molecule has 1 nitrogen and oxygen atoms in total. The van der Waals surface area contributed by atoms with Crippen LogP contribution < -0.4 is 0 Å². The molecule has 0 atom stereocenters. The summed E-state index contributed by atoms with van der Waals surface area (Å²) in [5.41, 5.74) is 5.17. The fourth-order valence-corrected chi connectivity index (χ4v) is 3.02. The van der Waals surface area contributed by atoms with E-state index in [9.17, 15) is 0 Å². The summed E-state index contributed by atoms with van der Waals surface area (Å²) in [4.78, 5) is 4.65. The van der Waals surface area contributed by atoms with E-state index < -0.39 is 0 Å². The molecule has 0 amide bonds. The molecule has 0 radical (unpaired) electrons. The predicted molar refractivity (Wildman–Crippen MR) is 83.6 cm³/mol. The lowest BCUT2D eigenvalue weighted by Crippen LogP contribution is -2.11. The van der Waals surface area contributed by atoms with Gasteiger partial charge in [0.15, 0.2) is 0 Å². The molecule has 0 aliphatic heterocycles. The maximum absolute atomic E-state index is 4.65. The van der Waals surface area contributed by atoms with Gasteiger partial charge in [-0.1, -0.05) is 48.8 Å². The second kappa shape index (κ2) is 5.14. The highest BCUT2D eigenvalue weighted by molar-refractivity contribution is 9.08. The highest BCUT2D eigenvalue weighted by atomic mass is 79.9. The zero-order valence-electron chi connectivity index (χ0n) is 11.2. The Balaban J connectivity index is 2.49. The molecule has 0 saturated carbocycles. The first-order chi connectivity index (χ1) is 8.41. The molecule has 0 spiro atoms. The van der Waals surface area contributed by atoms with Gasteiger partial charge in [-0.05, 0) is 29.5 Å². The lowest BCUT2D eigenvalue weighted by Gasteiger charge is -2.20. The molecular weight excluding hydrogens is 306 g/mol. The third kappa shape index (κ3) is 2.83. The lowest BCUT2D eigenvalue weighted by molar-refractivity contribution is 0.590. The molecule has 3 heteroatoms. The Bertz CT molecular complexity index is 552. The fraction of sp³-hybridized carbons (Fsp3) is 0.400. The van der Waals surface area contributed by atoms with Gasteiger partial charge in [0, 0.05) is 10.9 Å². The van der Waals surface area contributed by atoms with Gasteiger partial charge < -0.3 is 0 Å². The van der Waals surface area contributed by atoms with Crippen molar-refractivity contribution < 1.29 is 0 Å². The van der Waals surface area contributed by atoms with Crippen molar-refractivity contribution in [3.05, 3.63) is 39.7 Å². The average Bonchev–Trinajstić information content (AvgIpc) is 2.76. The Morgan fingerprint density at radius 1 is 1.28 bits per heavy atom. The Labute approximate surface area is 121 Å². The largest absolute Gasteiger partial charge is 0.240 e. The molecule has 1 aromatic carbocycles. The van der Waals surface area contributed by atoms with Gasteiger partial charge in [-0.15, -0.1) is 11.3 Å². The van der Waals surface area contributed by atoms with Crippen molar-refractivity contribution in [2.24, 2.45) is 0 Å². The number of nitrogens with zero attached hydrogens (tertiary/aromatic N) is 1. The molecule has 0 aliphatic rings. The number of hydrogen-bond donors (Lipinski definition) is 0. The van der Waals surface area contributed by atoms with E-state index in [2.05, 4.69) is 72.2 Å². The van der Waals surface area contributed by atoms with Gasteiger partial charge >= 0.3 is 0 Å². The summed E-state index contributed by atoms with van der Waals surface area (Å²) in [6.07, 6.45) is 0. The van der Waals surface area contributed by atoms with Gasteiger partial charge in [0.05, 0.1) is 11.0 Å². The maximum Gasteiger partial charge on any atom is 0.104 e. The fourth-order valence-electron chi connectivity index (χ4n) is 1.86. The smallest absolute Gasteiger partial charge is 0.104 e. The molecule has 96 valence electrons. The first-order valence-electron chi connectivity index (χ1n) is 6.03. The van der Waals surface area contributed by atoms with Crippen LogP contribution in [0.2, 0.25) is 0 Å². The second-order valence-electron chi connectivity index (χ2n) is 5.54. The van der Waals surface area contributed by atoms with Crippen LogP contribution >= 0.6 is 27.3 Å². The molecule has 2 rings (SSSR count). The van der Waals surface area contributed by atoms with E-state index >= 15 is 0 Å². The third-order valence-electron chi connectivity index (χ3n) is 3.05. The number of benzene rings is 1. The Morgan fingerprint density at radius 2 is 2.00 bits per heavy atom. The summed E-state index contributed by atoms with van der Waals surface area (Å²) < 4.78 is 0. The molecule has 0 fully saturated rings. The predicted octanol–water partition coefficient (Wildman–Crippen LogP) is 5.31. The van der Waals surface area contributed by atoms with E-state index in [0.29, 0.717) is 0 Å². The van der Waals surface area contributed by atoms with Crippen LogP contribution in [0.1, 0.15) is 36.9 Å². The minimum atomic E-state index is 0.177. The SMILES string of the molecule is Cc1ccc(C(C)(C)C)cc1-c1csc(CBr)n1. The summed E-state index contributed by atoms with van der Waals surface area (Å²) >= 11 is 5.16. The number of thiazole rings is 1. The quantitative estimate of drug-likeness (QED) is 0.682. The number of aromatic nitrogens is 1. The molecule has 18 heavy (non-hydrogen) atoms. The van der Waals surface area contributed by atoms with E-state index in [1.807, 2.05) is 0 Å². The van der Waals surface area contributed by atoms with Crippen LogP contribution in [0, 0.1) is 6.92 Å². The highest BCUT2D eigenvalue weighted by Crippen LogP contribution is 2.31. The zero-order chi connectivity index (χ0) is 13.3. The van der Waals surface area contributed by atoms with Gasteiger partial charge in [0.25, 0.3) is 0 Å². The number of halogens is 1. The summed E-state index contributed by atoms with van der Waals surface area (Å²) in [5, 5.41) is 4.10. The van der Waals surface area contributed by atoms with Crippen LogP contribution in [0.25, 0.3) is 11.3 Å². The number of alkyl halides is 1. The minimum absolute atomic E-state index is 0.177. The monoisotopic (exact) mass is 323 g/mol. The topological polar surface area (TPSA) is 12.9 Å². The number of aryl methyl sites for hydroxylation is 1. The van der Waals surface area contributed by atoms with E-state index in [1.54, 1.807) is 11.3 Å². The Hall–Kier alpha value is -0.670. The van der Waals surface area contributed by atoms with E-state index in [4.69, 9.17) is 0 Å². The minimum Gasteiger partial charge on any atom is -0.240 e. The number of rotatable bonds is 2. The van der Waals surface area contributed by atoms with Gasteiger partial charge in [-0.3, -0.25) is 0 Å². The highest BCUT2D eigenvalue weighted by Gasteiger charge is 2.16. The Kier molecular flexibility index (Phi) is 3.93. The van der Waals surface area contributed by atoms with Gasteiger partial charge in [0.1, 0.15) is 5.01 Å². The number of hydrogen-bond acceptors (Lipinski definition) is 2. The summed E-state index contributed by atoms with van der Waals surface area (Å²) in [6, 6.07) is 6.70. The van der Waals surface area contributed by atoms with E-state index in [-0.39, 0.29) is 5.41 Å². The van der Waals surface area contributed by atoms with Crippen molar-refractivity contribution in [2.45, 2.75) is 38.4 Å². The standard InChI is InChI=1S/C15H18BrNS/c1-10-5-6-11(15(2,3)4)7-12(10)13-9-18-14(8-16)17-13/h5-7,9H,8H2,1-4H3.